The van der Waals surface area contributed by atoms with Crippen molar-refractivity contribution < 1.29 is 21.6 Å². The van der Waals surface area contributed by atoms with Crippen LogP contribution in [0.3, 0.4) is 0 Å². The molecule has 1 N–H and O–H groups in total. The predicted molar refractivity (Wildman–Crippen MR) is 133 cm³/mol. The molecule has 3 aromatic carbocycles. The summed E-state index contributed by atoms with van der Waals surface area (Å²) in [6.07, 6.45) is 0. The number of carbonyl (C=O) groups is 1. The number of sulfonamides is 1. The average molecular weight is 501 g/mol. The van der Waals surface area contributed by atoms with E-state index in [0.29, 0.717) is 16.9 Å². The summed E-state index contributed by atoms with van der Waals surface area (Å²) in [5.41, 5.74) is 2.25. The SMILES string of the molecule is CC(=O)Nc1ccc(S(=O)(=O)c2ccc(N(C(C)C)S(=O)(=O)c3ccc(C)cc3)cc2C)cc1. The Morgan fingerprint density at radius 3 is 1.88 bits per heavy atom. The van der Waals surface area contributed by atoms with Gasteiger partial charge in [-0.25, -0.2) is 16.8 Å². The molecule has 3 aromatic rings. The van der Waals surface area contributed by atoms with Gasteiger partial charge in [0.1, 0.15) is 0 Å². The van der Waals surface area contributed by atoms with E-state index in [0.717, 1.165) is 5.56 Å². The molecule has 180 valence electrons. The Labute approximate surface area is 201 Å². The maximum absolute atomic E-state index is 13.4. The first-order valence-electron chi connectivity index (χ1n) is 10.7. The third-order valence-corrected chi connectivity index (χ3v) is 9.18. The highest BCUT2D eigenvalue weighted by atomic mass is 32.2. The molecule has 0 aliphatic rings. The van der Waals surface area contributed by atoms with Crippen molar-refractivity contribution in [2.45, 2.75) is 55.3 Å². The predicted octanol–water partition coefficient (Wildman–Crippen LogP) is 4.70. The van der Waals surface area contributed by atoms with E-state index < -0.39 is 25.9 Å². The summed E-state index contributed by atoms with van der Waals surface area (Å²) in [5, 5.41) is 2.60. The summed E-state index contributed by atoms with van der Waals surface area (Å²) < 4.78 is 54.5. The van der Waals surface area contributed by atoms with Crippen LogP contribution in [0.4, 0.5) is 11.4 Å². The van der Waals surface area contributed by atoms with E-state index in [4.69, 9.17) is 0 Å². The fraction of sp³-hybridized carbons (Fsp3) is 0.240. The van der Waals surface area contributed by atoms with Gasteiger partial charge in [0.15, 0.2) is 0 Å². The van der Waals surface area contributed by atoms with Crippen LogP contribution in [0.25, 0.3) is 0 Å². The third-order valence-electron chi connectivity index (χ3n) is 5.23. The maximum Gasteiger partial charge on any atom is 0.264 e. The zero-order valence-corrected chi connectivity index (χ0v) is 21.4. The Bertz CT molecular complexity index is 1410. The highest BCUT2D eigenvalue weighted by Crippen LogP contribution is 2.32. The molecule has 0 unspecified atom stereocenters. The van der Waals surface area contributed by atoms with Crippen LogP contribution in [0.2, 0.25) is 0 Å². The van der Waals surface area contributed by atoms with Crippen molar-refractivity contribution in [2.24, 2.45) is 0 Å². The number of nitrogens with one attached hydrogen (secondary N) is 1. The lowest BCUT2D eigenvalue weighted by atomic mass is 10.2. The quantitative estimate of drug-likeness (QED) is 0.507. The molecule has 7 nitrogen and oxygen atoms in total. The fourth-order valence-electron chi connectivity index (χ4n) is 3.66. The average Bonchev–Trinajstić information content (AvgIpc) is 2.73. The standard InChI is InChI=1S/C25H28N2O5S2/c1-17(2)27(34(31,32)24-11-6-18(3)7-12-24)22-10-15-25(19(4)16-22)33(29,30)23-13-8-21(9-14-23)26-20(5)28/h6-17H,1-5H3,(H,26,28). The van der Waals surface area contributed by atoms with Gasteiger partial charge in [0.05, 0.1) is 20.4 Å². The summed E-state index contributed by atoms with van der Waals surface area (Å²) in [7, 11) is -7.70. The summed E-state index contributed by atoms with van der Waals surface area (Å²) in [5.74, 6) is -0.252. The van der Waals surface area contributed by atoms with Crippen LogP contribution < -0.4 is 9.62 Å². The second-order valence-electron chi connectivity index (χ2n) is 8.37. The molecule has 0 aliphatic heterocycles. The van der Waals surface area contributed by atoms with Gasteiger partial charge in [0, 0.05) is 18.7 Å². The van der Waals surface area contributed by atoms with Crippen LogP contribution in [0, 0.1) is 13.8 Å². The van der Waals surface area contributed by atoms with E-state index in [2.05, 4.69) is 5.32 Å². The minimum Gasteiger partial charge on any atom is -0.326 e. The lowest BCUT2D eigenvalue weighted by Gasteiger charge is -2.29. The van der Waals surface area contributed by atoms with Crippen LogP contribution >= 0.6 is 0 Å². The van der Waals surface area contributed by atoms with Gasteiger partial charge in [0.2, 0.25) is 15.7 Å². The molecule has 0 saturated heterocycles. The van der Waals surface area contributed by atoms with Crippen LogP contribution in [-0.4, -0.2) is 28.8 Å². The minimum absolute atomic E-state index is 0.0745. The number of carbonyl (C=O) groups excluding carboxylic acids is 1. The van der Waals surface area contributed by atoms with Gasteiger partial charge in [-0.2, -0.15) is 0 Å². The van der Waals surface area contributed by atoms with Gasteiger partial charge in [-0.05, 0) is 87.9 Å². The lowest BCUT2D eigenvalue weighted by Crippen LogP contribution is -2.37. The highest BCUT2D eigenvalue weighted by Gasteiger charge is 2.29. The van der Waals surface area contributed by atoms with Gasteiger partial charge >= 0.3 is 0 Å². The van der Waals surface area contributed by atoms with E-state index in [1.54, 1.807) is 51.1 Å². The maximum atomic E-state index is 13.4. The molecular weight excluding hydrogens is 472 g/mol. The van der Waals surface area contributed by atoms with Crippen LogP contribution in [-0.2, 0) is 24.7 Å². The third kappa shape index (κ3) is 5.15. The van der Waals surface area contributed by atoms with Crippen molar-refractivity contribution >= 4 is 37.1 Å². The Hall–Kier alpha value is -3.17. The summed E-state index contributed by atoms with van der Waals surface area (Å²) in [6, 6.07) is 16.6. The number of aryl methyl sites for hydroxylation is 2. The number of amides is 1. The first-order chi connectivity index (χ1) is 15.8. The molecule has 9 heteroatoms. The Morgan fingerprint density at radius 2 is 1.38 bits per heavy atom. The van der Waals surface area contributed by atoms with Crippen molar-refractivity contribution in [3.05, 3.63) is 77.9 Å². The molecule has 0 aliphatic carbocycles. The van der Waals surface area contributed by atoms with E-state index in [1.807, 2.05) is 6.92 Å². The normalized spacial score (nSPS) is 11.9. The molecule has 34 heavy (non-hydrogen) atoms. The Balaban J connectivity index is 2.01. The first-order valence-corrected chi connectivity index (χ1v) is 13.6. The number of sulfone groups is 1. The van der Waals surface area contributed by atoms with E-state index >= 15 is 0 Å². The molecule has 0 fully saturated rings. The molecule has 0 heterocycles. The number of nitrogens with zero attached hydrogens (tertiary/aromatic N) is 1. The van der Waals surface area contributed by atoms with Crippen molar-refractivity contribution in [3.8, 4) is 0 Å². The monoisotopic (exact) mass is 500 g/mol. The number of benzene rings is 3. The van der Waals surface area contributed by atoms with Crippen molar-refractivity contribution in [1.82, 2.24) is 0 Å². The molecule has 0 radical (unpaired) electrons. The largest absolute Gasteiger partial charge is 0.326 e. The van der Waals surface area contributed by atoms with E-state index in [-0.39, 0.29) is 20.6 Å². The number of hydrogen-bond donors (Lipinski definition) is 1. The Kier molecular flexibility index (Phi) is 7.18. The zero-order chi connectivity index (χ0) is 25.3. The number of anilines is 2. The zero-order valence-electron chi connectivity index (χ0n) is 19.7. The Morgan fingerprint density at radius 1 is 0.824 bits per heavy atom. The van der Waals surface area contributed by atoms with Crippen molar-refractivity contribution in [1.29, 1.82) is 0 Å². The molecule has 1 amide bonds. The second-order valence-corrected chi connectivity index (χ2v) is 12.1. The number of hydrogen-bond acceptors (Lipinski definition) is 5. The molecule has 0 atom stereocenters. The van der Waals surface area contributed by atoms with Crippen molar-refractivity contribution in [3.63, 3.8) is 0 Å². The summed E-state index contributed by atoms with van der Waals surface area (Å²) in [4.78, 5) is 11.5. The van der Waals surface area contributed by atoms with Crippen LogP contribution in [0.1, 0.15) is 31.9 Å². The summed E-state index contributed by atoms with van der Waals surface area (Å²) in [6.45, 7) is 8.42. The van der Waals surface area contributed by atoms with Gasteiger partial charge < -0.3 is 5.32 Å². The van der Waals surface area contributed by atoms with Crippen LogP contribution in [0.15, 0.2) is 81.4 Å². The molecule has 0 bridgehead atoms. The molecule has 3 rings (SSSR count). The van der Waals surface area contributed by atoms with Gasteiger partial charge in [-0.15, -0.1) is 0 Å². The van der Waals surface area contributed by atoms with Gasteiger partial charge in [-0.3, -0.25) is 9.10 Å². The van der Waals surface area contributed by atoms with Gasteiger partial charge in [-0.1, -0.05) is 17.7 Å². The van der Waals surface area contributed by atoms with Crippen LogP contribution in [0.5, 0.6) is 0 Å². The molecule has 0 saturated carbocycles. The minimum atomic E-state index is -3.85. The molecule has 0 aromatic heterocycles. The second kappa shape index (κ2) is 9.60. The lowest BCUT2D eigenvalue weighted by molar-refractivity contribution is -0.114. The molecular formula is C25H28N2O5S2. The van der Waals surface area contributed by atoms with E-state index in [1.165, 1.54) is 47.6 Å². The smallest absolute Gasteiger partial charge is 0.264 e. The van der Waals surface area contributed by atoms with E-state index in [9.17, 15) is 21.6 Å². The highest BCUT2D eigenvalue weighted by molar-refractivity contribution is 7.93. The number of rotatable bonds is 7. The fourth-order valence-corrected chi connectivity index (χ4v) is 6.79. The summed E-state index contributed by atoms with van der Waals surface area (Å²) >= 11 is 0. The topological polar surface area (TPSA) is 101 Å². The molecule has 0 spiro atoms. The van der Waals surface area contributed by atoms with Gasteiger partial charge in [0.25, 0.3) is 10.0 Å². The van der Waals surface area contributed by atoms with Crippen molar-refractivity contribution in [2.75, 3.05) is 9.62 Å². The first kappa shape index (κ1) is 25.5.